The third-order valence-electron chi connectivity index (χ3n) is 5.09. The number of carbonyl (C=O) groups is 3. The van der Waals surface area contributed by atoms with Crippen molar-refractivity contribution in [1.29, 1.82) is 0 Å². The summed E-state index contributed by atoms with van der Waals surface area (Å²) in [7, 11) is -3.97. The summed E-state index contributed by atoms with van der Waals surface area (Å²) in [6.45, 7) is 2.33. The number of guanidine groups is 1. The highest BCUT2D eigenvalue weighted by Crippen LogP contribution is 2.48. The fourth-order valence-corrected chi connectivity index (χ4v) is 5.78. The van der Waals surface area contributed by atoms with Crippen LogP contribution in [0.1, 0.15) is 26.7 Å². The SMILES string of the molecule is CC1(C)[C@H](C(=O)O)N2C(=O)[C@H](COC(=O)[C@@H](N)CCCN=C(N)N)[C@H]2S1(=O)=O. The highest BCUT2D eigenvalue weighted by molar-refractivity contribution is 7.93. The summed E-state index contributed by atoms with van der Waals surface area (Å²) >= 11 is 0. The predicted molar refractivity (Wildman–Crippen MR) is 97.4 cm³/mol. The number of carboxylic acids is 1. The molecule has 2 aliphatic heterocycles. The first-order valence-electron chi connectivity index (χ1n) is 8.60. The Hall–Kier alpha value is -2.41. The van der Waals surface area contributed by atoms with Crippen LogP contribution >= 0.6 is 0 Å². The fraction of sp³-hybridized carbons (Fsp3) is 0.733. The summed E-state index contributed by atoms with van der Waals surface area (Å²) < 4.78 is 28.8. The number of nitrogens with zero attached hydrogens (tertiary/aromatic N) is 2. The smallest absolute Gasteiger partial charge is 0.328 e. The second-order valence-corrected chi connectivity index (χ2v) is 9.94. The van der Waals surface area contributed by atoms with Crippen molar-refractivity contribution in [2.45, 2.75) is 48.9 Å². The molecule has 0 spiro atoms. The van der Waals surface area contributed by atoms with E-state index in [1.807, 2.05) is 0 Å². The molecular formula is C15H25N5O7S. The Bertz CT molecular complexity index is 806. The van der Waals surface area contributed by atoms with Gasteiger partial charge in [-0.3, -0.25) is 14.6 Å². The number of β-lactam (4-membered cyclic amide) rings is 1. The van der Waals surface area contributed by atoms with Crippen molar-refractivity contribution in [2.24, 2.45) is 28.1 Å². The molecule has 0 aliphatic carbocycles. The van der Waals surface area contributed by atoms with E-state index in [9.17, 15) is 27.9 Å². The Labute approximate surface area is 162 Å². The molecule has 0 bridgehead atoms. The van der Waals surface area contributed by atoms with Gasteiger partial charge in [0.25, 0.3) is 0 Å². The highest BCUT2D eigenvalue weighted by atomic mass is 32.2. The van der Waals surface area contributed by atoms with E-state index in [2.05, 4.69) is 4.99 Å². The van der Waals surface area contributed by atoms with Gasteiger partial charge in [-0.2, -0.15) is 0 Å². The molecule has 1 amide bonds. The number of carbonyl (C=O) groups excluding carboxylic acids is 2. The molecule has 158 valence electrons. The average Bonchev–Trinajstić information content (AvgIpc) is 2.72. The predicted octanol–water partition coefficient (Wildman–Crippen LogP) is -2.64. The van der Waals surface area contributed by atoms with Crippen LogP contribution in [0.2, 0.25) is 0 Å². The molecule has 7 N–H and O–H groups in total. The lowest BCUT2D eigenvalue weighted by Crippen LogP contribution is -2.64. The fourth-order valence-electron chi connectivity index (χ4n) is 3.48. The molecule has 0 aromatic heterocycles. The Balaban J connectivity index is 1.98. The van der Waals surface area contributed by atoms with Crippen molar-refractivity contribution >= 4 is 33.6 Å². The second-order valence-electron chi connectivity index (χ2n) is 7.32. The zero-order valence-corrected chi connectivity index (χ0v) is 16.4. The Morgan fingerprint density at radius 2 is 1.96 bits per heavy atom. The molecule has 0 unspecified atom stereocenters. The van der Waals surface area contributed by atoms with Gasteiger partial charge < -0.3 is 31.9 Å². The number of nitrogens with two attached hydrogens (primary N) is 3. The molecule has 4 atom stereocenters. The van der Waals surface area contributed by atoms with Gasteiger partial charge in [-0.1, -0.05) is 0 Å². The van der Waals surface area contributed by atoms with Crippen LogP contribution in [0.3, 0.4) is 0 Å². The van der Waals surface area contributed by atoms with Crippen molar-refractivity contribution in [3.63, 3.8) is 0 Å². The van der Waals surface area contributed by atoms with Gasteiger partial charge in [0.2, 0.25) is 5.91 Å². The average molecular weight is 419 g/mol. The number of hydrogen-bond acceptors (Lipinski definition) is 8. The van der Waals surface area contributed by atoms with Gasteiger partial charge in [-0.05, 0) is 26.7 Å². The number of aliphatic carboxylic acids is 1. The number of rotatable bonds is 8. The van der Waals surface area contributed by atoms with Gasteiger partial charge in [0.05, 0.1) is 4.75 Å². The maximum atomic E-state index is 12.7. The molecule has 0 saturated carbocycles. The first-order valence-corrected chi connectivity index (χ1v) is 10.1. The maximum absolute atomic E-state index is 12.7. The lowest BCUT2D eigenvalue weighted by Gasteiger charge is -2.42. The van der Waals surface area contributed by atoms with Crippen molar-refractivity contribution in [3.8, 4) is 0 Å². The van der Waals surface area contributed by atoms with E-state index in [-0.39, 0.29) is 18.9 Å². The van der Waals surface area contributed by atoms with Crippen LogP contribution in [-0.4, -0.2) is 77.6 Å². The Morgan fingerprint density at radius 3 is 2.50 bits per heavy atom. The van der Waals surface area contributed by atoms with Crippen LogP contribution in [0.5, 0.6) is 0 Å². The van der Waals surface area contributed by atoms with Crippen molar-refractivity contribution in [3.05, 3.63) is 0 Å². The zero-order valence-electron chi connectivity index (χ0n) is 15.6. The number of aliphatic imine (C=N–C) groups is 1. The largest absolute Gasteiger partial charge is 0.480 e. The Morgan fingerprint density at radius 1 is 1.36 bits per heavy atom. The molecule has 12 nitrogen and oxygen atoms in total. The molecule has 0 aromatic carbocycles. The van der Waals surface area contributed by atoms with Gasteiger partial charge >= 0.3 is 11.9 Å². The lowest BCUT2D eigenvalue weighted by molar-refractivity contribution is -0.169. The van der Waals surface area contributed by atoms with Crippen LogP contribution in [0.25, 0.3) is 0 Å². The molecule has 2 heterocycles. The first-order chi connectivity index (χ1) is 12.8. The summed E-state index contributed by atoms with van der Waals surface area (Å²) in [4.78, 5) is 40.4. The highest BCUT2D eigenvalue weighted by Gasteiger charge is 2.72. The van der Waals surface area contributed by atoms with E-state index in [0.29, 0.717) is 6.42 Å². The summed E-state index contributed by atoms with van der Waals surface area (Å²) in [5.74, 6) is -4.10. The van der Waals surface area contributed by atoms with Gasteiger partial charge in [0.1, 0.15) is 24.6 Å². The molecule has 0 aromatic rings. The van der Waals surface area contributed by atoms with E-state index in [1.165, 1.54) is 13.8 Å². The van der Waals surface area contributed by atoms with Crippen LogP contribution in [0.4, 0.5) is 0 Å². The van der Waals surface area contributed by atoms with Crippen molar-refractivity contribution in [2.75, 3.05) is 13.2 Å². The third kappa shape index (κ3) is 3.51. The van der Waals surface area contributed by atoms with E-state index < -0.39 is 62.4 Å². The van der Waals surface area contributed by atoms with Crippen LogP contribution in [0, 0.1) is 5.92 Å². The molecule has 2 saturated heterocycles. The number of amides is 1. The second kappa shape index (κ2) is 7.54. The number of fused-ring (bicyclic) bond motifs is 1. The van der Waals surface area contributed by atoms with Crippen molar-refractivity contribution < 1.29 is 32.6 Å². The topological polar surface area (TPSA) is 208 Å². The molecule has 13 heteroatoms. The van der Waals surface area contributed by atoms with Gasteiger partial charge in [0.15, 0.2) is 21.2 Å². The Kier molecular flexibility index (Phi) is 5.90. The molecule has 2 aliphatic rings. The first kappa shape index (κ1) is 21.9. The van der Waals surface area contributed by atoms with E-state index in [1.54, 1.807) is 0 Å². The van der Waals surface area contributed by atoms with E-state index in [0.717, 1.165) is 4.90 Å². The van der Waals surface area contributed by atoms with E-state index >= 15 is 0 Å². The summed E-state index contributed by atoms with van der Waals surface area (Å²) in [6, 6.07) is -2.47. The standard InChI is InChI=1S/C15H25N5O7S/c1-15(2)9(12(22)23)20-10(21)7(11(20)28(15,25)26)6-27-13(24)8(16)4-3-5-19-14(17)18/h7-9,11H,3-6,16H2,1-2H3,(H,22,23)(H4,17,18,19)/t7-,8-,9-,11+/m0/s1. The third-order valence-corrected chi connectivity index (χ3v) is 7.97. The molecular weight excluding hydrogens is 394 g/mol. The molecule has 2 rings (SSSR count). The number of sulfone groups is 1. The quantitative estimate of drug-likeness (QED) is 0.106. The minimum Gasteiger partial charge on any atom is -0.480 e. The number of esters is 1. The van der Waals surface area contributed by atoms with Gasteiger partial charge in [-0.15, -0.1) is 0 Å². The van der Waals surface area contributed by atoms with Crippen LogP contribution in [-0.2, 0) is 29.0 Å². The lowest BCUT2D eigenvalue weighted by atomic mass is 9.92. The number of ether oxygens (including phenoxy) is 1. The molecule has 28 heavy (non-hydrogen) atoms. The van der Waals surface area contributed by atoms with Gasteiger partial charge in [0, 0.05) is 6.54 Å². The minimum atomic E-state index is -3.97. The number of carboxylic acid groups (broad SMARTS) is 1. The van der Waals surface area contributed by atoms with Crippen LogP contribution < -0.4 is 17.2 Å². The maximum Gasteiger partial charge on any atom is 0.328 e. The van der Waals surface area contributed by atoms with E-state index in [4.69, 9.17) is 21.9 Å². The van der Waals surface area contributed by atoms with Gasteiger partial charge in [-0.25, -0.2) is 13.2 Å². The van der Waals surface area contributed by atoms with Crippen molar-refractivity contribution in [1.82, 2.24) is 4.90 Å². The molecule has 2 fully saturated rings. The minimum absolute atomic E-state index is 0.0791. The summed E-state index contributed by atoms with van der Waals surface area (Å²) in [6.07, 6.45) is 0.659. The normalized spacial score (nSPS) is 28.0. The summed E-state index contributed by atoms with van der Waals surface area (Å²) in [5, 5.41) is 8.02. The zero-order chi connectivity index (χ0) is 21.4. The molecule has 0 radical (unpaired) electrons. The summed E-state index contributed by atoms with van der Waals surface area (Å²) in [5.41, 5.74) is 16.1. The monoisotopic (exact) mass is 419 g/mol. The van der Waals surface area contributed by atoms with Crippen LogP contribution in [0.15, 0.2) is 4.99 Å². The number of hydrogen-bond donors (Lipinski definition) is 4.